The van der Waals surface area contributed by atoms with Crippen LogP contribution in [0.4, 0.5) is 5.82 Å². The van der Waals surface area contributed by atoms with Crippen LogP contribution in [-0.2, 0) is 16.1 Å². The number of pyridine rings is 1. The number of aromatic nitrogens is 1. The predicted molar refractivity (Wildman–Crippen MR) is 83.0 cm³/mol. The van der Waals surface area contributed by atoms with Gasteiger partial charge in [0.1, 0.15) is 5.82 Å². The van der Waals surface area contributed by atoms with Crippen molar-refractivity contribution in [2.45, 2.75) is 26.8 Å². The van der Waals surface area contributed by atoms with Crippen molar-refractivity contribution in [3.8, 4) is 0 Å². The number of likely N-dealkylation sites (tertiary alicyclic amines) is 1. The van der Waals surface area contributed by atoms with Crippen LogP contribution < -0.4 is 5.32 Å². The van der Waals surface area contributed by atoms with Gasteiger partial charge in [-0.2, -0.15) is 0 Å². The lowest BCUT2D eigenvalue weighted by molar-refractivity contribution is -0.146. The van der Waals surface area contributed by atoms with Crippen molar-refractivity contribution in [1.82, 2.24) is 9.88 Å². The SMILES string of the molecule is CCCNc1cccc(CN2CC(C)C(C(=O)OC)C2)n1. The summed E-state index contributed by atoms with van der Waals surface area (Å²) in [5.41, 5.74) is 1.04. The Balaban J connectivity index is 1.95. The zero-order valence-corrected chi connectivity index (χ0v) is 13.1. The molecule has 1 aliphatic rings. The molecule has 0 radical (unpaired) electrons. The van der Waals surface area contributed by atoms with E-state index in [0.29, 0.717) is 5.92 Å². The van der Waals surface area contributed by atoms with Crippen molar-refractivity contribution >= 4 is 11.8 Å². The zero-order valence-electron chi connectivity index (χ0n) is 13.1. The van der Waals surface area contributed by atoms with Crippen LogP contribution in [-0.4, -0.2) is 42.6 Å². The molecular formula is C16H25N3O2. The van der Waals surface area contributed by atoms with Crippen molar-refractivity contribution in [2.75, 3.05) is 32.1 Å². The van der Waals surface area contributed by atoms with E-state index >= 15 is 0 Å². The summed E-state index contributed by atoms with van der Waals surface area (Å²) in [6.45, 7) is 7.61. The number of methoxy groups -OCH3 is 1. The van der Waals surface area contributed by atoms with Crippen LogP contribution in [0.15, 0.2) is 18.2 Å². The summed E-state index contributed by atoms with van der Waals surface area (Å²) in [5, 5.41) is 3.30. The van der Waals surface area contributed by atoms with E-state index in [0.717, 1.165) is 44.1 Å². The lowest BCUT2D eigenvalue weighted by atomic mass is 9.99. The van der Waals surface area contributed by atoms with Gasteiger partial charge in [0.2, 0.25) is 0 Å². The number of nitrogens with one attached hydrogen (secondary N) is 1. The van der Waals surface area contributed by atoms with E-state index in [4.69, 9.17) is 4.74 Å². The molecule has 1 N–H and O–H groups in total. The van der Waals surface area contributed by atoms with Crippen LogP contribution in [0.1, 0.15) is 26.0 Å². The molecule has 0 amide bonds. The second kappa shape index (κ2) is 7.41. The summed E-state index contributed by atoms with van der Waals surface area (Å²) in [6.07, 6.45) is 1.08. The molecule has 5 nitrogen and oxygen atoms in total. The first-order valence-electron chi connectivity index (χ1n) is 7.64. The number of carbonyl (C=O) groups excluding carboxylic acids is 1. The van der Waals surface area contributed by atoms with Gasteiger partial charge in [0.05, 0.1) is 18.7 Å². The fourth-order valence-corrected chi connectivity index (χ4v) is 2.80. The molecule has 0 aliphatic carbocycles. The molecule has 2 rings (SSSR count). The molecule has 0 saturated carbocycles. The van der Waals surface area contributed by atoms with Crippen molar-refractivity contribution in [3.05, 3.63) is 23.9 Å². The topological polar surface area (TPSA) is 54.5 Å². The minimum absolute atomic E-state index is 0.0172. The molecule has 2 atom stereocenters. The maximum Gasteiger partial charge on any atom is 0.310 e. The molecular weight excluding hydrogens is 266 g/mol. The number of ether oxygens (including phenoxy) is 1. The Hall–Kier alpha value is -1.62. The molecule has 0 bridgehead atoms. The number of hydrogen-bond acceptors (Lipinski definition) is 5. The molecule has 116 valence electrons. The van der Waals surface area contributed by atoms with Crippen LogP contribution in [0.5, 0.6) is 0 Å². The normalized spacial score (nSPS) is 22.2. The molecule has 1 fully saturated rings. The number of rotatable bonds is 6. The highest BCUT2D eigenvalue weighted by Crippen LogP contribution is 2.25. The van der Waals surface area contributed by atoms with E-state index in [9.17, 15) is 4.79 Å². The lowest BCUT2D eigenvalue weighted by Crippen LogP contribution is -2.24. The van der Waals surface area contributed by atoms with Crippen LogP contribution in [0.2, 0.25) is 0 Å². The van der Waals surface area contributed by atoms with Gasteiger partial charge in [-0.05, 0) is 24.5 Å². The molecule has 0 spiro atoms. The highest BCUT2D eigenvalue weighted by molar-refractivity contribution is 5.73. The first-order chi connectivity index (χ1) is 10.1. The number of anilines is 1. The molecule has 21 heavy (non-hydrogen) atoms. The Morgan fingerprint density at radius 2 is 2.29 bits per heavy atom. The average Bonchev–Trinajstić information content (AvgIpc) is 2.85. The first kappa shape index (κ1) is 15.8. The molecule has 1 aliphatic heterocycles. The van der Waals surface area contributed by atoms with Crippen molar-refractivity contribution in [2.24, 2.45) is 11.8 Å². The summed E-state index contributed by atoms with van der Waals surface area (Å²) in [4.78, 5) is 18.6. The van der Waals surface area contributed by atoms with Crippen molar-refractivity contribution in [3.63, 3.8) is 0 Å². The van der Waals surface area contributed by atoms with Crippen LogP contribution in [0.3, 0.4) is 0 Å². The highest BCUT2D eigenvalue weighted by Gasteiger charge is 2.35. The maximum absolute atomic E-state index is 11.7. The van der Waals surface area contributed by atoms with Gasteiger partial charge in [-0.15, -0.1) is 0 Å². The predicted octanol–water partition coefficient (Wildman–Crippen LogP) is 2.14. The number of carbonyl (C=O) groups is 1. The van der Waals surface area contributed by atoms with E-state index in [-0.39, 0.29) is 11.9 Å². The Bertz CT molecular complexity index is 478. The van der Waals surface area contributed by atoms with Gasteiger partial charge in [0.25, 0.3) is 0 Å². The fourth-order valence-electron chi connectivity index (χ4n) is 2.80. The first-order valence-corrected chi connectivity index (χ1v) is 7.64. The summed E-state index contributed by atoms with van der Waals surface area (Å²) >= 11 is 0. The Labute approximate surface area is 126 Å². The third-order valence-corrected chi connectivity index (χ3v) is 3.94. The Kier molecular flexibility index (Phi) is 5.56. The largest absolute Gasteiger partial charge is 0.469 e. The van der Waals surface area contributed by atoms with Gasteiger partial charge in [-0.25, -0.2) is 4.98 Å². The van der Waals surface area contributed by atoms with Crippen LogP contribution >= 0.6 is 0 Å². The summed E-state index contributed by atoms with van der Waals surface area (Å²) < 4.78 is 4.88. The van der Waals surface area contributed by atoms with Gasteiger partial charge < -0.3 is 10.1 Å². The van der Waals surface area contributed by atoms with Gasteiger partial charge in [0, 0.05) is 26.2 Å². The molecule has 2 heterocycles. The third-order valence-electron chi connectivity index (χ3n) is 3.94. The molecule has 1 aromatic rings. The summed E-state index contributed by atoms with van der Waals surface area (Å²) in [6, 6.07) is 6.05. The van der Waals surface area contributed by atoms with Crippen LogP contribution in [0.25, 0.3) is 0 Å². The minimum Gasteiger partial charge on any atom is -0.469 e. The Morgan fingerprint density at radius 3 is 3.00 bits per heavy atom. The van der Waals surface area contributed by atoms with Gasteiger partial charge >= 0.3 is 5.97 Å². The summed E-state index contributed by atoms with van der Waals surface area (Å²) in [5.74, 6) is 1.14. The maximum atomic E-state index is 11.7. The van der Waals surface area contributed by atoms with E-state index in [1.165, 1.54) is 7.11 Å². The smallest absolute Gasteiger partial charge is 0.310 e. The fraction of sp³-hybridized carbons (Fsp3) is 0.625. The molecule has 2 unspecified atom stereocenters. The quantitative estimate of drug-likeness (QED) is 0.814. The molecule has 1 saturated heterocycles. The molecule has 0 aromatic carbocycles. The van der Waals surface area contributed by atoms with Gasteiger partial charge in [0.15, 0.2) is 0 Å². The lowest BCUT2D eigenvalue weighted by Gasteiger charge is -2.15. The van der Waals surface area contributed by atoms with E-state index < -0.39 is 0 Å². The molecule has 1 aromatic heterocycles. The van der Waals surface area contributed by atoms with E-state index in [2.05, 4.69) is 29.0 Å². The van der Waals surface area contributed by atoms with E-state index in [1.807, 2.05) is 18.2 Å². The van der Waals surface area contributed by atoms with Crippen LogP contribution in [0, 0.1) is 11.8 Å². The monoisotopic (exact) mass is 291 g/mol. The summed E-state index contributed by atoms with van der Waals surface area (Å²) in [7, 11) is 1.46. The van der Waals surface area contributed by atoms with Crippen molar-refractivity contribution in [1.29, 1.82) is 0 Å². The second-order valence-electron chi connectivity index (χ2n) is 5.74. The standard InChI is InChI=1S/C16H25N3O2/c1-4-8-17-15-7-5-6-13(18-15)10-19-9-12(2)14(11-19)16(20)21-3/h5-7,12,14H,4,8-11H2,1-3H3,(H,17,18). The van der Waals surface area contributed by atoms with Gasteiger partial charge in [-0.3, -0.25) is 9.69 Å². The second-order valence-corrected chi connectivity index (χ2v) is 5.74. The van der Waals surface area contributed by atoms with Crippen molar-refractivity contribution < 1.29 is 9.53 Å². The third kappa shape index (κ3) is 4.17. The zero-order chi connectivity index (χ0) is 15.2. The van der Waals surface area contributed by atoms with Gasteiger partial charge in [-0.1, -0.05) is 19.9 Å². The highest BCUT2D eigenvalue weighted by atomic mass is 16.5. The minimum atomic E-state index is -0.101. The van der Waals surface area contributed by atoms with E-state index in [1.54, 1.807) is 0 Å². The average molecular weight is 291 g/mol. The Morgan fingerprint density at radius 1 is 1.48 bits per heavy atom. The number of hydrogen-bond donors (Lipinski definition) is 1. The number of esters is 1. The molecule has 5 heteroatoms. The number of nitrogens with zero attached hydrogens (tertiary/aromatic N) is 2.